The number of ether oxygens (including phenoxy) is 2. The van der Waals surface area contributed by atoms with Crippen LogP contribution in [0.5, 0.6) is 11.5 Å². The molecule has 3 heteroatoms. The first-order valence-corrected chi connectivity index (χ1v) is 7.51. The predicted octanol–water partition coefficient (Wildman–Crippen LogP) is 4.97. The van der Waals surface area contributed by atoms with Gasteiger partial charge in [0.2, 0.25) is 0 Å². The van der Waals surface area contributed by atoms with Crippen LogP contribution < -0.4 is 9.47 Å². The van der Waals surface area contributed by atoms with Crippen LogP contribution in [0.25, 0.3) is 10.8 Å². The van der Waals surface area contributed by atoms with Gasteiger partial charge in [-0.05, 0) is 53.7 Å². The molecule has 118 valence electrons. The monoisotopic (exact) mass is 300 g/mol. The minimum atomic E-state index is -0.540. The smallest absolute Gasteiger partial charge is 0.316 e. The molecule has 0 atom stereocenters. The average molecular weight is 300 g/mol. The number of hydrogen-bond donors (Lipinski definition) is 0. The highest BCUT2D eigenvalue weighted by atomic mass is 16.5. The number of hydrogen-bond acceptors (Lipinski definition) is 3. The molecule has 0 aliphatic carbocycles. The van der Waals surface area contributed by atoms with Gasteiger partial charge in [-0.3, -0.25) is 4.79 Å². The fourth-order valence-corrected chi connectivity index (χ4v) is 2.01. The lowest BCUT2D eigenvalue weighted by molar-refractivity contribution is -0.142. The summed E-state index contributed by atoms with van der Waals surface area (Å²) in [5.74, 6) is 1.11. The van der Waals surface area contributed by atoms with Crippen molar-refractivity contribution in [3.63, 3.8) is 0 Å². The first-order valence-electron chi connectivity index (χ1n) is 7.51. The van der Waals surface area contributed by atoms with E-state index in [1.165, 1.54) is 0 Å². The SMILES string of the molecule is CC(C)(C)Oc1cccc2c(OC(=O)C(C)(C)C)cccc12. The molecule has 3 nitrogen and oxygen atoms in total. The Hall–Kier alpha value is -2.03. The van der Waals surface area contributed by atoms with Crippen molar-refractivity contribution in [1.82, 2.24) is 0 Å². The second kappa shape index (κ2) is 5.64. The molecule has 0 unspecified atom stereocenters. The molecule has 22 heavy (non-hydrogen) atoms. The number of carbonyl (C=O) groups is 1. The summed E-state index contributed by atoms with van der Waals surface area (Å²) in [5, 5.41) is 1.82. The van der Waals surface area contributed by atoms with Crippen LogP contribution in [0, 0.1) is 5.41 Å². The lowest BCUT2D eigenvalue weighted by Crippen LogP contribution is -2.25. The van der Waals surface area contributed by atoms with E-state index in [0.717, 1.165) is 16.5 Å². The van der Waals surface area contributed by atoms with E-state index in [9.17, 15) is 4.79 Å². The van der Waals surface area contributed by atoms with Gasteiger partial charge in [0.1, 0.15) is 17.1 Å². The van der Waals surface area contributed by atoms with Crippen molar-refractivity contribution in [1.29, 1.82) is 0 Å². The van der Waals surface area contributed by atoms with Gasteiger partial charge in [0.05, 0.1) is 5.41 Å². The lowest BCUT2D eigenvalue weighted by atomic mass is 9.97. The maximum Gasteiger partial charge on any atom is 0.316 e. The lowest BCUT2D eigenvalue weighted by Gasteiger charge is -2.23. The van der Waals surface area contributed by atoms with Gasteiger partial charge in [-0.2, -0.15) is 0 Å². The predicted molar refractivity (Wildman–Crippen MR) is 89.4 cm³/mol. The van der Waals surface area contributed by atoms with E-state index >= 15 is 0 Å². The zero-order chi connectivity index (χ0) is 16.5. The molecule has 0 aliphatic heterocycles. The Labute approximate surface area is 132 Å². The number of carbonyl (C=O) groups excluding carboxylic acids is 1. The normalized spacial score (nSPS) is 12.3. The van der Waals surface area contributed by atoms with E-state index in [-0.39, 0.29) is 11.6 Å². The molecule has 0 aliphatic rings. The number of benzene rings is 2. The second-order valence-electron chi connectivity index (χ2n) is 7.46. The van der Waals surface area contributed by atoms with Gasteiger partial charge < -0.3 is 9.47 Å². The summed E-state index contributed by atoms with van der Waals surface area (Å²) in [6.07, 6.45) is 0. The van der Waals surface area contributed by atoms with E-state index < -0.39 is 5.41 Å². The van der Waals surface area contributed by atoms with Gasteiger partial charge in [0.15, 0.2) is 0 Å². The highest BCUT2D eigenvalue weighted by Gasteiger charge is 2.24. The van der Waals surface area contributed by atoms with Gasteiger partial charge in [-0.25, -0.2) is 0 Å². The highest BCUT2D eigenvalue weighted by molar-refractivity contribution is 5.95. The Morgan fingerprint density at radius 3 is 1.82 bits per heavy atom. The third-order valence-corrected chi connectivity index (χ3v) is 3.07. The summed E-state index contributed by atoms with van der Waals surface area (Å²) >= 11 is 0. The van der Waals surface area contributed by atoms with Crippen molar-refractivity contribution < 1.29 is 14.3 Å². The molecule has 0 radical (unpaired) electrons. The zero-order valence-electron chi connectivity index (χ0n) is 14.2. The first-order chi connectivity index (χ1) is 10.1. The highest BCUT2D eigenvalue weighted by Crippen LogP contribution is 2.34. The molecule has 0 N–H and O–H groups in total. The average Bonchev–Trinajstić information content (AvgIpc) is 2.37. The van der Waals surface area contributed by atoms with Crippen LogP contribution in [-0.2, 0) is 4.79 Å². The Bertz CT molecular complexity index is 688. The van der Waals surface area contributed by atoms with Gasteiger partial charge in [0, 0.05) is 10.8 Å². The molecule has 2 aromatic carbocycles. The van der Waals surface area contributed by atoms with Gasteiger partial charge in [-0.15, -0.1) is 0 Å². The molecule has 0 saturated heterocycles. The second-order valence-corrected chi connectivity index (χ2v) is 7.46. The van der Waals surface area contributed by atoms with Crippen LogP contribution >= 0.6 is 0 Å². The fraction of sp³-hybridized carbons (Fsp3) is 0.421. The Balaban J connectivity index is 2.46. The van der Waals surface area contributed by atoms with E-state index in [2.05, 4.69) is 0 Å². The largest absolute Gasteiger partial charge is 0.488 e. The molecule has 0 saturated carbocycles. The Kier molecular flexibility index (Phi) is 4.19. The molecule has 2 aromatic rings. The molecular formula is C19H24O3. The minimum absolute atomic E-state index is 0.248. The molecule has 0 fully saturated rings. The van der Waals surface area contributed by atoms with E-state index in [4.69, 9.17) is 9.47 Å². The van der Waals surface area contributed by atoms with Gasteiger partial charge in [0.25, 0.3) is 0 Å². The van der Waals surface area contributed by atoms with Crippen molar-refractivity contribution in [2.75, 3.05) is 0 Å². The van der Waals surface area contributed by atoms with E-state index in [1.807, 2.05) is 77.9 Å². The number of fused-ring (bicyclic) bond motifs is 1. The third kappa shape index (κ3) is 3.79. The molecule has 0 heterocycles. The summed E-state index contributed by atoms with van der Waals surface area (Å²) in [6, 6.07) is 11.5. The van der Waals surface area contributed by atoms with Gasteiger partial charge in [-0.1, -0.05) is 24.3 Å². The fourth-order valence-electron chi connectivity index (χ4n) is 2.01. The van der Waals surface area contributed by atoms with Crippen molar-refractivity contribution in [2.45, 2.75) is 47.1 Å². The van der Waals surface area contributed by atoms with Crippen LogP contribution in [0.1, 0.15) is 41.5 Å². The summed E-state index contributed by atoms with van der Waals surface area (Å²) in [4.78, 5) is 12.1. The minimum Gasteiger partial charge on any atom is -0.488 e. The van der Waals surface area contributed by atoms with Crippen LogP contribution in [-0.4, -0.2) is 11.6 Å². The molecule has 0 spiro atoms. The van der Waals surface area contributed by atoms with Crippen LogP contribution in [0.4, 0.5) is 0 Å². The maximum absolute atomic E-state index is 12.1. The zero-order valence-corrected chi connectivity index (χ0v) is 14.2. The summed E-state index contributed by atoms with van der Waals surface area (Å²) in [7, 11) is 0. The standard InChI is InChI=1S/C19H24O3/c1-18(2,3)17(20)21-15-11-7-10-14-13(15)9-8-12-16(14)22-19(4,5)6/h7-12H,1-6H3. The first kappa shape index (κ1) is 16.3. The van der Waals surface area contributed by atoms with Crippen molar-refractivity contribution >= 4 is 16.7 Å². The maximum atomic E-state index is 12.1. The topological polar surface area (TPSA) is 35.5 Å². The third-order valence-electron chi connectivity index (χ3n) is 3.07. The van der Waals surface area contributed by atoms with Gasteiger partial charge >= 0.3 is 5.97 Å². The quantitative estimate of drug-likeness (QED) is 0.580. The summed E-state index contributed by atoms with van der Waals surface area (Å²) in [5.41, 5.74) is -0.825. The summed E-state index contributed by atoms with van der Waals surface area (Å²) < 4.78 is 11.6. The molecule has 2 rings (SSSR count). The van der Waals surface area contributed by atoms with E-state index in [1.54, 1.807) is 0 Å². The summed E-state index contributed by atoms with van der Waals surface area (Å²) in [6.45, 7) is 11.6. The van der Waals surface area contributed by atoms with Crippen LogP contribution in [0.3, 0.4) is 0 Å². The van der Waals surface area contributed by atoms with Crippen molar-refractivity contribution in [2.24, 2.45) is 5.41 Å². The van der Waals surface area contributed by atoms with E-state index in [0.29, 0.717) is 5.75 Å². The Morgan fingerprint density at radius 1 is 0.818 bits per heavy atom. The van der Waals surface area contributed by atoms with Crippen molar-refractivity contribution in [3.8, 4) is 11.5 Å². The Morgan fingerprint density at radius 2 is 1.32 bits per heavy atom. The molecule has 0 amide bonds. The van der Waals surface area contributed by atoms with Crippen LogP contribution in [0.2, 0.25) is 0 Å². The van der Waals surface area contributed by atoms with Crippen LogP contribution in [0.15, 0.2) is 36.4 Å². The number of esters is 1. The van der Waals surface area contributed by atoms with Crippen molar-refractivity contribution in [3.05, 3.63) is 36.4 Å². The molecule has 0 aromatic heterocycles. The molecule has 0 bridgehead atoms. The molecular weight excluding hydrogens is 276 g/mol. The number of rotatable bonds is 2.